The molecule has 2 aliphatic rings. The van der Waals surface area contributed by atoms with Gasteiger partial charge in [-0.3, -0.25) is 9.88 Å². The van der Waals surface area contributed by atoms with Crippen LogP contribution in [0.3, 0.4) is 0 Å². The molecule has 1 aliphatic carbocycles. The fraction of sp³-hybridized carbons (Fsp3) is 0.750. The largest absolute Gasteiger partial charge is 0.369 e. The van der Waals surface area contributed by atoms with Crippen LogP contribution in [-0.2, 0) is 0 Å². The molecule has 0 bridgehead atoms. The van der Waals surface area contributed by atoms with E-state index in [1.165, 1.54) is 38.8 Å². The first-order valence-electron chi connectivity index (χ1n) is 8.41. The lowest BCUT2D eigenvalue weighted by Gasteiger charge is -2.38. The van der Waals surface area contributed by atoms with Crippen LogP contribution >= 0.6 is 0 Å². The minimum atomic E-state index is 0.843. The van der Waals surface area contributed by atoms with Gasteiger partial charge in [0.25, 0.3) is 0 Å². The van der Waals surface area contributed by atoms with Gasteiger partial charge < -0.3 is 10.2 Å². The van der Waals surface area contributed by atoms with E-state index in [1.807, 2.05) is 12.4 Å². The van der Waals surface area contributed by atoms with Crippen molar-refractivity contribution in [3.63, 3.8) is 0 Å². The van der Waals surface area contributed by atoms with Crippen molar-refractivity contribution in [2.24, 2.45) is 0 Å². The number of hydrogen-bond donors (Lipinski definition) is 1. The van der Waals surface area contributed by atoms with Crippen LogP contribution in [0.5, 0.6) is 0 Å². The van der Waals surface area contributed by atoms with Crippen molar-refractivity contribution in [2.75, 3.05) is 42.9 Å². The summed E-state index contributed by atoms with van der Waals surface area (Å²) in [5.41, 5.74) is 0. The summed E-state index contributed by atoms with van der Waals surface area (Å²) < 4.78 is 0. The van der Waals surface area contributed by atoms with Crippen molar-refractivity contribution in [2.45, 2.75) is 45.1 Å². The second-order valence-electron chi connectivity index (χ2n) is 6.15. The van der Waals surface area contributed by atoms with Gasteiger partial charge in [0, 0.05) is 38.8 Å². The molecule has 0 unspecified atom stereocenters. The first-order chi connectivity index (χ1) is 10.4. The average Bonchev–Trinajstić information content (AvgIpc) is 3.08. The summed E-state index contributed by atoms with van der Waals surface area (Å²) in [5, 5.41) is 3.32. The first kappa shape index (κ1) is 14.6. The number of piperazine rings is 1. The molecule has 5 nitrogen and oxygen atoms in total. The van der Waals surface area contributed by atoms with Gasteiger partial charge in [-0.2, -0.15) is 0 Å². The third-order valence-corrected chi connectivity index (χ3v) is 4.66. The lowest BCUT2D eigenvalue weighted by Crippen LogP contribution is -2.50. The van der Waals surface area contributed by atoms with Crippen molar-refractivity contribution in [3.05, 3.63) is 12.4 Å². The fourth-order valence-corrected chi connectivity index (χ4v) is 3.43. The maximum atomic E-state index is 4.69. The standard InChI is InChI=1S/C16H27N5/c1-2-7-18-15-12-17-13-16(19-15)21-10-8-20(9-11-21)14-5-3-4-6-14/h12-14H,2-11H2,1H3,(H,18,19). The normalized spacial score (nSPS) is 20.9. The number of rotatable bonds is 5. The zero-order valence-corrected chi connectivity index (χ0v) is 13.1. The maximum absolute atomic E-state index is 4.69. The van der Waals surface area contributed by atoms with E-state index in [0.29, 0.717) is 0 Å². The summed E-state index contributed by atoms with van der Waals surface area (Å²) in [4.78, 5) is 14.1. The van der Waals surface area contributed by atoms with Gasteiger partial charge in [-0.05, 0) is 19.3 Å². The van der Waals surface area contributed by atoms with Gasteiger partial charge >= 0.3 is 0 Å². The summed E-state index contributed by atoms with van der Waals surface area (Å²) >= 11 is 0. The van der Waals surface area contributed by atoms with Crippen LogP contribution in [0.4, 0.5) is 11.6 Å². The van der Waals surface area contributed by atoms with Gasteiger partial charge in [-0.25, -0.2) is 4.98 Å². The van der Waals surface area contributed by atoms with E-state index in [1.54, 1.807) is 0 Å². The minimum Gasteiger partial charge on any atom is -0.369 e. The molecule has 5 heteroatoms. The molecule has 3 rings (SSSR count). The zero-order valence-electron chi connectivity index (χ0n) is 13.1. The molecule has 1 N–H and O–H groups in total. The molecule has 21 heavy (non-hydrogen) atoms. The quantitative estimate of drug-likeness (QED) is 0.901. The van der Waals surface area contributed by atoms with Gasteiger partial charge in [0.1, 0.15) is 11.6 Å². The Morgan fingerprint density at radius 1 is 1.14 bits per heavy atom. The van der Waals surface area contributed by atoms with E-state index in [4.69, 9.17) is 4.98 Å². The zero-order chi connectivity index (χ0) is 14.5. The SMILES string of the molecule is CCCNc1cncc(N2CCN(C3CCCC3)CC2)n1. The van der Waals surface area contributed by atoms with Crippen LogP contribution in [-0.4, -0.2) is 53.6 Å². The molecule has 1 saturated heterocycles. The molecule has 0 spiro atoms. The number of hydrogen-bond acceptors (Lipinski definition) is 5. The van der Waals surface area contributed by atoms with Crippen LogP contribution in [0.2, 0.25) is 0 Å². The molecule has 0 radical (unpaired) electrons. The van der Waals surface area contributed by atoms with E-state index >= 15 is 0 Å². The van der Waals surface area contributed by atoms with Crippen LogP contribution < -0.4 is 10.2 Å². The number of anilines is 2. The molecule has 2 heterocycles. The molecule has 1 aromatic heterocycles. The number of nitrogens with one attached hydrogen (secondary N) is 1. The highest BCUT2D eigenvalue weighted by molar-refractivity contribution is 5.44. The summed E-state index contributed by atoms with van der Waals surface area (Å²) in [6.07, 6.45) is 10.4. The first-order valence-corrected chi connectivity index (χ1v) is 8.41. The van der Waals surface area contributed by atoms with Gasteiger partial charge in [-0.15, -0.1) is 0 Å². The van der Waals surface area contributed by atoms with Crippen molar-refractivity contribution in [3.8, 4) is 0 Å². The van der Waals surface area contributed by atoms with E-state index in [2.05, 4.69) is 27.0 Å². The van der Waals surface area contributed by atoms with Crippen molar-refractivity contribution in [1.29, 1.82) is 0 Å². The third-order valence-electron chi connectivity index (χ3n) is 4.66. The molecule has 1 saturated carbocycles. The molecule has 1 aliphatic heterocycles. The molecule has 116 valence electrons. The average molecular weight is 289 g/mol. The van der Waals surface area contributed by atoms with E-state index < -0.39 is 0 Å². The van der Waals surface area contributed by atoms with Gasteiger partial charge in [0.15, 0.2) is 0 Å². The van der Waals surface area contributed by atoms with Crippen molar-refractivity contribution < 1.29 is 0 Å². The Bertz CT molecular complexity index is 436. The molecular formula is C16H27N5. The highest BCUT2D eigenvalue weighted by Gasteiger charge is 2.26. The second-order valence-corrected chi connectivity index (χ2v) is 6.15. The molecule has 0 atom stereocenters. The van der Waals surface area contributed by atoms with Crippen LogP contribution in [0.25, 0.3) is 0 Å². The summed E-state index contributed by atoms with van der Waals surface area (Å²) in [5.74, 6) is 1.91. The van der Waals surface area contributed by atoms with Gasteiger partial charge in [0.05, 0.1) is 12.4 Å². The summed E-state index contributed by atoms with van der Waals surface area (Å²) in [6.45, 7) is 7.59. The van der Waals surface area contributed by atoms with Crippen molar-refractivity contribution >= 4 is 11.6 Å². The van der Waals surface area contributed by atoms with Gasteiger partial charge in [-0.1, -0.05) is 19.8 Å². The maximum Gasteiger partial charge on any atom is 0.149 e. The molecule has 1 aromatic rings. The van der Waals surface area contributed by atoms with E-state index in [9.17, 15) is 0 Å². The highest BCUT2D eigenvalue weighted by atomic mass is 15.3. The summed E-state index contributed by atoms with van der Waals surface area (Å²) in [6, 6.07) is 0.843. The van der Waals surface area contributed by atoms with Crippen LogP contribution in [0.1, 0.15) is 39.0 Å². The molecule has 0 amide bonds. The third kappa shape index (κ3) is 3.64. The Kier molecular flexibility index (Phi) is 4.91. The van der Waals surface area contributed by atoms with Gasteiger partial charge in [0.2, 0.25) is 0 Å². The van der Waals surface area contributed by atoms with E-state index in [0.717, 1.165) is 43.7 Å². The van der Waals surface area contributed by atoms with Crippen LogP contribution in [0.15, 0.2) is 12.4 Å². The fourth-order valence-electron chi connectivity index (χ4n) is 3.43. The Labute approximate surface area is 127 Å². The predicted molar refractivity (Wildman–Crippen MR) is 86.9 cm³/mol. The smallest absolute Gasteiger partial charge is 0.149 e. The topological polar surface area (TPSA) is 44.3 Å². The Morgan fingerprint density at radius 3 is 2.62 bits per heavy atom. The predicted octanol–water partition coefficient (Wildman–Crippen LogP) is 2.36. The van der Waals surface area contributed by atoms with Crippen LogP contribution in [0, 0.1) is 0 Å². The Morgan fingerprint density at radius 2 is 1.90 bits per heavy atom. The molecule has 2 fully saturated rings. The lowest BCUT2D eigenvalue weighted by molar-refractivity contribution is 0.187. The molecular weight excluding hydrogens is 262 g/mol. The Balaban J connectivity index is 1.56. The summed E-state index contributed by atoms with van der Waals surface area (Å²) in [7, 11) is 0. The minimum absolute atomic E-state index is 0.843. The highest BCUT2D eigenvalue weighted by Crippen LogP contribution is 2.25. The second kappa shape index (κ2) is 7.07. The van der Waals surface area contributed by atoms with E-state index in [-0.39, 0.29) is 0 Å². The lowest BCUT2D eigenvalue weighted by atomic mass is 10.2. The molecule has 0 aromatic carbocycles. The monoisotopic (exact) mass is 289 g/mol. The number of aromatic nitrogens is 2. The Hall–Kier alpha value is -1.36. The van der Waals surface area contributed by atoms with Crippen molar-refractivity contribution in [1.82, 2.24) is 14.9 Å². The number of nitrogens with zero attached hydrogens (tertiary/aromatic N) is 4.